The van der Waals surface area contributed by atoms with Crippen LogP contribution >= 0.6 is 9.90 Å². The van der Waals surface area contributed by atoms with Gasteiger partial charge in [0.1, 0.15) is 0 Å². The Morgan fingerprint density at radius 1 is 0.222 bits per heavy atom. The Labute approximate surface area is 262 Å². The Bertz CT molecular complexity index is 4.53. The Balaban J connectivity index is 0. The summed E-state index contributed by atoms with van der Waals surface area (Å²) in [7, 11) is 0. The van der Waals surface area contributed by atoms with Crippen LogP contribution < -0.4 is 0 Å². The molecule has 0 fully saturated rings. The molecule has 0 aromatic heterocycles. The van der Waals surface area contributed by atoms with Crippen molar-refractivity contribution >= 4 is 9.90 Å². The van der Waals surface area contributed by atoms with Gasteiger partial charge in [0.15, 0.2) is 0 Å². The quantitative estimate of drug-likeness (QED) is 0.308. The van der Waals surface area contributed by atoms with Crippen LogP contribution in [0.15, 0.2) is 0 Å². The van der Waals surface area contributed by atoms with E-state index in [9.17, 15) is 0 Å². The van der Waals surface area contributed by atoms with E-state index in [1.54, 1.807) is 0 Å². The summed E-state index contributed by atoms with van der Waals surface area (Å²) in [6.07, 6.45) is 0. The monoisotopic (exact) mass is 745 g/mol. The smallest absolute Gasteiger partial charge is 0 e. The van der Waals surface area contributed by atoms with Crippen LogP contribution in [0.5, 0.6) is 0 Å². The molecule has 9 heteroatoms. The van der Waals surface area contributed by atoms with E-state index >= 15 is 0 Å². The van der Waals surface area contributed by atoms with Crippen LogP contribution in [0, 0.1) is 0 Å². The van der Waals surface area contributed by atoms with Crippen molar-refractivity contribution in [2.75, 3.05) is 0 Å². The summed E-state index contributed by atoms with van der Waals surface area (Å²) >= 11 is 0. The third-order valence-electron chi connectivity index (χ3n) is 0. The largest absolute Gasteiger partial charge is 0.153 e. The van der Waals surface area contributed by atoms with Gasteiger partial charge in [-0.25, -0.2) is 0 Å². The molecular formula is H3PY8. The van der Waals surface area contributed by atoms with Gasteiger partial charge in [-0.2, -0.15) is 9.90 Å². The third-order valence-corrected chi connectivity index (χ3v) is 0. The molecule has 8 radical (unpaired) electrons. The van der Waals surface area contributed by atoms with Crippen LogP contribution in [-0.2, 0) is 262 Å². The predicted octanol–water partition coefficient (Wildman–Crippen LogP) is 0.0381. The number of rotatable bonds is 0. The van der Waals surface area contributed by atoms with E-state index < -0.39 is 0 Å². The molecule has 0 N–H and O–H groups in total. The van der Waals surface area contributed by atoms with Crippen LogP contribution in [0.25, 0.3) is 0 Å². The zero-order valence-electron chi connectivity index (χ0n) is 5.33. The first-order chi connectivity index (χ1) is 0. The van der Waals surface area contributed by atoms with E-state index in [1.165, 1.54) is 0 Å². The molecule has 0 aromatic rings. The second-order valence-corrected chi connectivity index (χ2v) is 0. The van der Waals surface area contributed by atoms with Gasteiger partial charge in [-0.1, -0.05) is 0 Å². The molecule has 1 atom stereocenters. The second kappa shape index (κ2) is 53.2. The predicted molar refractivity (Wildman–Crippen MR) is 11.1 cm³/mol. The van der Waals surface area contributed by atoms with Crippen LogP contribution in [-0.4, -0.2) is 0 Å². The van der Waals surface area contributed by atoms with E-state index in [2.05, 4.69) is 0 Å². The van der Waals surface area contributed by atoms with Gasteiger partial charge in [0.05, 0.1) is 0 Å². The summed E-state index contributed by atoms with van der Waals surface area (Å²) in [5.41, 5.74) is 0. The van der Waals surface area contributed by atoms with E-state index in [4.69, 9.17) is 0 Å². The summed E-state index contributed by atoms with van der Waals surface area (Å²) in [5.74, 6) is 0. The normalized spacial score (nSPS) is 0. The van der Waals surface area contributed by atoms with Crippen molar-refractivity contribution < 1.29 is 262 Å². The fourth-order valence-corrected chi connectivity index (χ4v) is 0. The average Bonchev–Trinajstić information content (AvgIpc) is 0. The maximum atomic E-state index is 0. The Kier molecular flexibility index (Phi) is 375. The molecule has 0 amide bonds. The Morgan fingerprint density at radius 2 is 0.222 bits per heavy atom. The minimum atomic E-state index is 0. The standard InChI is InChI=1S/H3P.8Y/h1H3;;;;;;;;. The van der Waals surface area contributed by atoms with Crippen LogP contribution in [0.1, 0.15) is 0 Å². The molecule has 0 bridgehead atoms. The zero-order valence-corrected chi connectivity index (χ0v) is 29.4. The maximum absolute atomic E-state index is 0. The fraction of sp³-hybridized carbons (Fsp3) is 0. The van der Waals surface area contributed by atoms with Crippen molar-refractivity contribution in [2.45, 2.75) is 0 Å². The summed E-state index contributed by atoms with van der Waals surface area (Å²) in [5, 5.41) is 0. The fourth-order valence-electron chi connectivity index (χ4n) is 0. The minimum Gasteiger partial charge on any atom is -0.153 e. The van der Waals surface area contributed by atoms with E-state index in [0.29, 0.717) is 0 Å². The van der Waals surface area contributed by atoms with Gasteiger partial charge in [0.2, 0.25) is 0 Å². The molecule has 0 rings (SSSR count). The van der Waals surface area contributed by atoms with Crippen molar-refractivity contribution in [1.29, 1.82) is 0 Å². The molecule has 0 aliphatic carbocycles. The zero-order chi connectivity index (χ0) is 0. The molecule has 1 unspecified atom stereocenters. The van der Waals surface area contributed by atoms with Gasteiger partial charge in [-0.15, -0.1) is 0 Å². The molecule has 0 aliphatic heterocycles. The molecular weight excluding hydrogens is 742 g/mol. The van der Waals surface area contributed by atoms with Gasteiger partial charge < -0.3 is 0 Å². The number of hydrogen-bond acceptors (Lipinski definition) is 0. The summed E-state index contributed by atoms with van der Waals surface area (Å²) in [4.78, 5) is 0. The van der Waals surface area contributed by atoms with Gasteiger partial charge in [-0.05, 0) is 0 Å². The molecule has 0 saturated heterocycles. The Morgan fingerprint density at radius 3 is 0.222 bits per heavy atom. The van der Waals surface area contributed by atoms with Crippen molar-refractivity contribution in [3.63, 3.8) is 0 Å². The Hall–Kier alpha value is 9.26. The SMILES string of the molecule is P.[Y].[Y].[Y].[Y].[Y].[Y].[Y].[Y]. The molecule has 0 heterocycles. The van der Waals surface area contributed by atoms with Crippen molar-refractivity contribution in [3.05, 3.63) is 0 Å². The van der Waals surface area contributed by atoms with E-state index in [0.717, 1.165) is 0 Å². The van der Waals surface area contributed by atoms with E-state index in [-0.39, 0.29) is 272 Å². The van der Waals surface area contributed by atoms with Crippen molar-refractivity contribution in [1.82, 2.24) is 0 Å². The van der Waals surface area contributed by atoms with Gasteiger partial charge in [-0.3, -0.25) is 0 Å². The molecule has 0 nitrogen and oxygen atoms in total. The van der Waals surface area contributed by atoms with Crippen molar-refractivity contribution in [2.24, 2.45) is 0 Å². The van der Waals surface area contributed by atoms with Crippen LogP contribution in [0.2, 0.25) is 0 Å². The molecule has 0 spiro atoms. The van der Waals surface area contributed by atoms with Gasteiger partial charge in [0, 0.05) is 262 Å². The second-order valence-electron chi connectivity index (χ2n) is 0. The van der Waals surface area contributed by atoms with Gasteiger partial charge >= 0.3 is 0 Å². The molecule has 0 aliphatic rings. The summed E-state index contributed by atoms with van der Waals surface area (Å²) in [6, 6.07) is 0. The van der Waals surface area contributed by atoms with Crippen LogP contribution in [0.3, 0.4) is 0 Å². The average molecular weight is 745 g/mol. The summed E-state index contributed by atoms with van der Waals surface area (Å²) < 4.78 is 0. The van der Waals surface area contributed by atoms with Gasteiger partial charge in [0.25, 0.3) is 0 Å². The molecule has 0 saturated carbocycles. The topological polar surface area (TPSA) is 0 Å². The first-order valence-corrected chi connectivity index (χ1v) is 0. The first kappa shape index (κ1) is 63.4. The van der Waals surface area contributed by atoms with Crippen molar-refractivity contribution in [3.8, 4) is 0 Å². The summed E-state index contributed by atoms with van der Waals surface area (Å²) in [6.45, 7) is 0. The molecule has 0 aromatic carbocycles. The molecule has 9 heavy (non-hydrogen) atoms. The maximum Gasteiger partial charge on any atom is 0 e. The van der Waals surface area contributed by atoms with Crippen LogP contribution in [0.4, 0.5) is 0 Å². The molecule has 32 valence electrons. The van der Waals surface area contributed by atoms with E-state index in [1.807, 2.05) is 0 Å². The third kappa shape index (κ3) is 46.9. The number of hydrogen-bond donors (Lipinski definition) is 0. The first-order valence-electron chi connectivity index (χ1n) is 0. The minimum absolute atomic E-state index is 0.